The molecular weight excluding hydrogens is 334 g/mol. The number of halogens is 1. The van der Waals surface area contributed by atoms with Crippen molar-refractivity contribution in [1.82, 2.24) is 4.98 Å². The van der Waals surface area contributed by atoms with E-state index in [9.17, 15) is 4.79 Å². The Morgan fingerprint density at radius 3 is 2.68 bits per heavy atom. The van der Waals surface area contributed by atoms with Crippen molar-refractivity contribution in [1.29, 1.82) is 0 Å². The van der Waals surface area contributed by atoms with Crippen LogP contribution in [0.25, 0.3) is 0 Å². The van der Waals surface area contributed by atoms with Crippen LogP contribution in [0.4, 0.5) is 17.1 Å². The van der Waals surface area contributed by atoms with Crippen LogP contribution in [0.3, 0.4) is 0 Å². The quantitative estimate of drug-likeness (QED) is 0.656. The number of aromatic nitrogens is 1. The molecule has 0 atom stereocenters. The highest BCUT2D eigenvalue weighted by molar-refractivity contribution is 6.31. The van der Waals surface area contributed by atoms with E-state index in [1.165, 1.54) is 11.8 Å². The van der Waals surface area contributed by atoms with Crippen LogP contribution in [-0.2, 0) is 6.42 Å². The highest BCUT2D eigenvalue weighted by Gasteiger charge is 2.09. The van der Waals surface area contributed by atoms with Crippen molar-refractivity contribution in [2.24, 2.45) is 0 Å². The van der Waals surface area contributed by atoms with Crippen molar-refractivity contribution in [2.45, 2.75) is 13.3 Å². The third-order valence-electron chi connectivity index (χ3n) is 3.76. The fourth-order valence-electron chi connectivity index (χ4n) is 2.51. The molecule has 0 bridgehead atoms. The van der Waals surface area contributed by atoms with Crippen molar-refractivity contribution in [3.63, 3.8) is 0 Å². The molecule has 0 saturated carbocycles. The van der Waals surface area contributed by atoms with Crippen LogP contribution in [0.15, 0.2) is 67.0 Å². The van der Waals surface area contributed by atoms with E-state index in [0.29, 0.717) is 16.3 Å². The Labute approximate surface area is 151 Å². The van der Waals surface area contributed by atoms with E-state index in [-0.39, 0.29) is 5.91 Å². The van der Waals surface area contributed by atoms with Gasteiger partial charge in [-0.25, -0.2) is 0 Å². The topological polar surface area (TPSA) is 54.0 Å². The van der Waals surface area contributed by atoms with Gasteiger partial charge in [0.05, 0.1) is 17.4 Å². The van der Waals surface area contributed by atoms with E-state index < -0.39 is 0 Å². The second kappa shape index (κ2) is 7.81. The Bertz CT molecular complexity index is 895. The van der Waals surface area contributed by atoms with E-state index in [2.05, 4.69) is 28.6 Å². The van der Waals surface area contributed by atoms with Crippen LogP contribution in [0.2, 0.25) is 5.02 Å². The lowest BCUT2D eigenvalue weighted by Gasteiger charge is -2.11. The third-order valence-corrected chi connectivity index (χ3v) is 4.00. The molecule has 0 saturated heterocycles. The number of hydrogen-bond acceptors (Lipinski definition) is 3. The first-order valence-corrected chi connectivity index (χ1v) is 8.40. The monoisotopic (exact) mass is 351 g/mol. The van der Waals surface area contributed by atoms with E-state index in [4.69, 9.17) is 11.6 Å². The number of hydrogen-bond donors (Lipinski definition) is 2. The molecule has 3 rings (SSSR count). The molecule has 0 fully saturated rings. The number of carbonyl (C=O) groups excluding carboxylic acids is 1. The molecule has 2 aromatic carbocycles. The third kappa shape index (κ3) is 4.37. The number of nitrogens with zero attached hydrogens (tertiary/aromatic N) is 1. The summed E-state index contributed by atoms with van der Waals surface area (Å²) in [4.78, 5) is 16.6. The van der Waals surface area contributed by atoms with Crippen LogP contribution in [0.1, 0.15) is 22.8 Å². The zero-order valence-electron chi connectivity index (χ0n) is 13.8. The van der Waals surface area contributed by atoms with Gasteiger partial charge in [0, 0.05) is 22.6 Å². The van der Waals surface area contributed by atoms with Gasteiger partial charge in [-0.2, -0.15) is 0 Å². The van der Waals surface area contributed by atoms with Crippen molar-refractivity contribution < 1.29 is 4.79 Å². The summed E-state index contributed by atoms with van der Waals surface area (Å²) in [6.07, 6.45) is 4.16. The van der Waals surface area contributed by atoms with Gasteiger partial charge < -0.3 is 10.6 Å². The van der Waals surface area contributed by atoms with Gasteiger partial charge in [0.15, 0.2) is 0 Å². The van der Waals surface area contributed by atoms with Crippen LogP contribution < -0.4 is 10.6 Å². The highest BCUT2D eigenvalue weighted by atomic mass is 35.5. The molecule has 0 aliphatic heterocycles. The van der Waals surface area contributed by atoms with Gasteiger partial charge in [-0.05, 0) is 42.3 Å². The molecule has 5 heteroatoms. The molecule has 0 aliphatic carbocycles. The molecule has 2 N–H and O–H groups in total. The van der Waals surface area contributed by atoms with Gasteiger partial charge in [-0.1, -0.05) is 42.8 Å². The zero-order valence-corrected chi connectivity index (χ0v) is 14.5. The van der Waals surface area contributed by atoms with Crippen LogP contribution in [0, 0.1) is 0 Å². The summed E-state index contributed by atoms with van der Waals surface area (Å²) in [5.41, 5.74) is 4.10. The van der Waals surface area contributed by atoms with Crippen molar-refractivity contribution in [3.05, 3.63) is 83.1 Å². The SMILES string of the molecule is CCc1ccccc1Nc1cncc(C(=O)Nc2cccc(Cl)c2)c1. The molecule has 1 heterocycles. The lowest BCUT2D eigenvalue weighted by molar-refractivity contribution is 0.102. The number of rotatable bonds is 5. The van der Waals surface area contributed by atoms with Crippen molar-refractivity contribution in [3.8, 4) is 0 Å². The number of pyridine rings is 1. The largest absolute Gasteiger partial charge is 0.354 e. The Hall–Kier alpha value is -2.85. The molecule has 126 valence electrons. The van der Waals surface area contributed by atoms with Gasteiger partial charge in [0.1, 0.15) is 0 Å². The molecular formula is C20H18ClN3O. The van der Waals surface area contributed by atoms with Crippen LogP contribution in [-0.4, -0.2) is 10.9 Å². The number of aryl methyl sites for hydroxylation is 1. The van der Waals surface area contributed by atoms with Gasteiger partial charge in [0.2, 0.25) is 0 Å². The second-order valence-electron chi connectivity index (χ2n) is 5.56. The Kier molecular flexibility index (Phi) is 5.31. The number of amides is 1. The highest BCUT2D eigenvalue weighted by Crippen LogP contribution is 2.22. The first kappa shape index (κ1) is 17.0. The average molecular weight is 352 g/mol. The van der Waals surface area contributed by atoms with Gasteiger partial charge in [-0.15, -0.1) is 0 Å². The van der Waals surface area contributed by atoms with Crippen LogP contribution in [0.5, 0.6) is 0 Å². The van der Waals surface area contributed by atoms with Crippen LogP contribution >= 0.6 is 11.6 Å². The van der Waals surface area contributed by atoms with Crippen molar-refractivity contribution in [2.75, 3.05) is 10.6 Å². The molecule has 1 aromatic heterocycles. The maximum absolute atomic E-state index is 12.4. The summed E-state index contributed by atoms with van der Waals surface area (Å²) < 4.78 is 0. The molecule has 0 aliphatic rings. The Balaban J connectivity index is 1.78. The minimum atomic E-state index is -0.234. The lowest BCUT2D eigenvalue weighted by Crippen LogP contribution is -2.12. The summed E-state index contributed by atoms with van der Waals surface area (Å²) >= 11 is 5.94. The predicted molar refractivity (Wildman–Crippen MR) is 103 cm³/mol. The molecule has 4 nitrogen and oxygen atoms in total. The first-order valence-electron chi connectivity index (χ1n) is 8.02. The summed E-state index contributed by atoms with van der Waals surface area (Å²) in [6.45, 7) is 2.10. The average Bonchev–Trinajstić information content (AvgIpc) is 2.62. The molecule has 0 spiro atoms. The summed E-state index contributed by atoms with van der Waals surface area (Å²) in [5, 5.41) is 6.72. The maximum atomic E-state index is 12.4. The normalized spacial score (nSPS) is 10.3. The minimum absolute atomic E-state index is 0.234. The van der Waals surface area contributed by atoms with E-state index >= 15 is 0 Å². The van der Waals surface area contributed by atoms with Gasteiger partial charge in [-0.3, -0.25) is 9.78 Å². The number of para-hydroxylation sites is 1. The lowest BCUT2D eigenvalue weighted by atomic mass is 10.1. The summed E-state index contributed by atoms with van der Waals surface area (Å²) in [5.74, 6) is -0.234. The summed E-state index contributed by atoms with van der Waals surface area (Å²) in [7, 11) is 0. The van der Waals surface area contributed by atoms with Gasteiger partial charge >= 0.3 is 0 Å². The number of carbonyl (C=O) groups is 1. The van der Waals surface area contributed by atoms with E-state index in [1.54, 1.807) is 36.5 Å². The minimum Gasteiger partial charge on any atom is -0.354 e. The van der Waals surface area contributed by atoms with E-state index in [0.717, 1.165) is 17.8 Å². The molecule has 3 aromatic rings. The fraction of sp³-hybridized carbons (Fsp3) is 0.100. The Morgan fingerprint density at radius 1 is 1.04 bits per heavy atom. The standard InChI is InChI=1S/C20H18ClN3O/c1-2-14-6-3-4-9-19(14)23-18-10-15(12-22-13-18)20(25)24-17-8-5-7-16(21)11-17/h3-13,23H,2H2,1H3,(H,24,25). The molecule has 25 heavy (non-hydrogen) atoms. The number of benzene rings is 2. The molecule has 1 amide bonds. The summed E-state index contributed by atoms with van der Waals surface area (Å²) in [6, 6.07) is 16.9. The molecule has 0 radical (unpaired) electrons. The first-order chi connectivity index (χ1) is 12.2. The van der Waals surface area contributed by atoms with E-state index in [1.807, 2.05) is 18.2 Å². The number of anilines is 3. The second-order valence-corrected chi connectivity index (χ2v) is 6.00. The predicted octanol–water partition coefficient (Wildman–Crippen LogP) is 5.29. The molecule has 0 unspecified atom stereocenters. The number of nitrogens with one attached hydrogen (secondary N) is 2. The van der Waals surface area contributed by atoms with Crippen molar-refractivity contribution >= 4 is 34.6 Å². The fourth-order valence-corrected chi connectivity index (χ4v) is 2.70. The maximum Gasteiger partial charge on any atom is 0.257 e. The van der Waals surface area contributed by atoms with Gasteiger partial charge in [0.25, 0.3) is 5.91 Å². The zero-order chi connectivity index (χ0) is 17.6. The smallest absolute Gasteiger partial charge is 0.257 e. The Morgan fingerprint density at radius 2 is 1.88 bits per heavy atom.